The summed E-state index contributed by atoms with van der Waals surface area (Å²) in [6.45, 7) is 10.6. The van der Waals surface area contributed by atoms with Crippen LogP contribution in [0.25, 0.3) is 0 Å². The summed E-state index contributed by atoms with van der Waals surface area (Å²) < 4.78 is 0. The van der Waals surface area contributed by atoms with Crippen LogP contribution in [0.4, 0.5) is 0 Å². The molecule has 1 heterocycles. The van der Waals surface area contributed by atoms with E-state index in [1.54, 1.807) is 12.3 Å². The molecule has 44 valence electrons. The van der Waals surface area contributed by atoms with Crippen molar-refractivity contribution in [1.29, 1.82) is 0 Å². The van der Waals surface area contributed by atoms with Crippen LogP contribution in [0.15, 0.2) is 18.3 Å². The first-order chi connectivity index (χ1) is 4.33. The lowest BCUT2D eigenvalue weighted by atomic mass is 10.2. The van der Waals surface area contributed by atoms with Gasteiger partial charge in [-0.05, 0) is 25.0 Å². The topological polar surface area (TPSA) is 12.9 Å². The van der Waals surface area contributed by atoms with Gasteiger partial charge in [-0.3, -0.25) is 4.98 Å². The Morgan fingerprint density at radius 2 is 2.22 bits per heavy atom. The van der Waals surface area contributed by atoms with Crippen LogP contribution in [0.3, 0.4) is 0 Å². The van der Waals surface area contributed by atoms with Gasteiger partial charge in [0.25, 0.3) is 0 Å². The molecule has 0 bridgehead atoms. The van der Waals surface area contributed by atoms with E-state index in [-0.39, 0.29) is 0 Å². The standard InChI is InChI=1S/C8H7N/c1-3-8-5-4-7(2)9-6-8/h1-2,4-6H,3H2. The molecule has 9 heavy (non-hydrogen) atoms. The van der Waals surface area contributed by atoms with Crippen LogP contribution in [0, 0.1) is 13.8 Å². The quantitative estimate of drug-likeness (QED) is 0.541. The van der Waals surface area contributed by atoms with Gasteiger partial charge in [0.15, 0.2) is 0 Å². The van der Waals surface area contributed by atoms with Crippen molar-refractivity contribution in [3.8, 4) is 0 Å². The highest BCUT2D eigenvalue weighted by Crippen LogP contribution is 1.98. The Kier molecular flexibility index (Phi) is 1.83. The van der Waals surface area contributed by atoms with Crippen molar-refractivity contribution in [3.05, 3.63) is 43.4 Å². The fourth-order valence-corrected chi connectivity index (χ4v) is 0.557. The zero-order valence-electron chi connectivity index (χ0n) is 5.04. The first kappa shape index (κ1) is 6.27. The fourth-order valence-electron chi connectivity index (χ4n) is 0.557. The predicted molar refractivity (Wildman–Crippen MR) is 35.6 cm³/mol. The Balaban J connectivity index is 2.88. The molecule has 0 unspecified atom stereocenters. The van der Waals surface area contributed by atoms with Gasteiger partial charge in [0, 0.05) is 18.8 Å². The minimum absolute atomic E-state index is 0.521. The largest absolute Gasteiger partial charge is 0.261 e. The SMILES string of the molecule is [CH]Cc1ccc([CH])nc1. The molecule has 1 nitrogen and oxygen atoms in total. The second kappa shape index (κ2) is 2.62. The number of pyridine rings is 1. The van der Waals surface area contributed by atoms with Crippen molar-refractivity contribution >= 4 is 0 Å². The van der Waals surface area contributed by atoms with Gasteiger partial charge in [-0.25, -0.2) is 0 Å². The van der Waals surface area contributed by atoms with E-state index in [4.69, 9.17) is 13.8 Å². The van der Waals surface area contributed by atoms with Gasteiger partial charge in [0.05, 0.1) is 0 Å². The molecule has 0 fully saturated rings. The van der Waals surface area contributed by atoms with E-state index in [1.165, 1.54) is 0 Å². The maximum absolute atomic E-state index is 5.33. The summed E-state index contributed by atoms with van der Waals surface area (Å²) in [6, 6.07) is 3.60. The number of nitrogens with zero attached hydrogens (tertiary/aromatic N) is 1. The van der Waals surface area contributed by atoms with Crippen LogP contribution in [0.5, 0.6) is 0 Å². The predicted octanol–water partition coefficient (Wildman–Crippen LogP) is 1.39. The highest BCUT2D eigenvalue weighted by Gasteiger charge is 1.86. The number of hydrogen-bond acceptors (Lipinski definition) is 1. The molecule has 1 rings (SSSR count). The Morgan fingerprint density at radius 1 is 1.44 bits per heavy atom. The van der Waals surface area contributed by atoms with Crippen LogP contribution < -0.4 is 0 Å². The van der Waals surface area contributed by atoms with E-state index in [1.807, 2.05) is 6.07 Å². The van der Waals surface area contributed by atoms with Gasteiger partial charge >= 0.3 is 0 Å². The third kappa shape index (κ3) is 1.53. The second-order valence-electron chi connectivity index (χ2n) is 1.80. The number of rotatable bonds is 1. The van der Waals surface area contributed by atoms with Gasteiger partial charge in [-0.1, -0.05) is 6.07 Å². The monoisotopic (exact) mass is 117 g/mol. The first-order valence-corrected chi connectivity index (χ1v) is 2.73. The van der Waals surface area contributed by atoms with E-state index in [0.29, 0.717) is 12.1 Å². The Morgan fingerprint density at radius 3 is 2.67 bits per heavy atom. The van der Waals surface area contributed by atoms with Crippen LogP contribution in [-0.4, -0.2) is 4.98 Å². The lowest BCUT2D eigenvalue weighted by Gasteiger charge is -1.93. The summed E-state index contributed by atoms with van der Waals surface area (Å²) >= 11 is 0. The number of aromatic nitrogens is 1. The molecule has 1 aromatic rings. The molecule has 0 N–H and O–H groups in total. The molecule has 4 radical (unpaired) electrons. The van der Waals surface area contributed by atoms with Crippen LogP contribution >= 0.6 is 0 Å². The van der Waals surface area contributed by atoms with Gasteiger partial charge in [-0.15, -0.1) is 0 Å². The lowest BCUT2D eigenvalue weighted by molar-refractivity contribution is 1.17. The highest BCUT2D eigenvalue weighted by molar-refractivity contribution is 5.15. The molecule has 0 aliphatic rings. The molecule has 0 aromatic carbocycles. The molecule has 0 atom stereocenters. The summed E-state index contributed by atoms with van der Waals surface area (Å²) in [7, 11) is 0. The number of hydrogen-bond donors (Lipinski definition) is 0. The van der Waals surface area contributed by atoms with E-state index < -0.39 is 0 Å². The van der Waals surface area contributed by atoms with Gasteiger partial charge in [-0.2, -0.15) is 0 Å². The van der Waals surface area contributed by atoms with Gasteiger partial charge in [0.1, 0.15) is 0 Å². The summed E-state index contributed by atoms with van der Waals surface area (Å²) in [4.78, 5) is 3.85. The maximum atomic E-state index is 5.33. The van der Waals surface area contributed by atoms with E-state index in [0.717, 1.165) is 5.56 Å². The molecule has 0 saturated heterocycles. The maximum Gasteiger partial charge on any atom is 0.0448 e. The summed E-state index contributed by atoms with van der Waals surface area (Å²) in [5, 5.41) is 0. The third-order valence-corrected chi connectivity index (χ3v) is 1.08. The van der Waals surface area contributed by atoms with Crippen molar-refractivity contribution in [2.24, 2.45) is 0 Å². The van der Waals surface area contributed by atoms with E-state index in [9.17, 15) is 0 Å². The molecule has 0 spiro atoms. The lowest BCUT2D eigenvalue weighted by Crippen LogP contribution is -1.83. The minimum atomic E-state index is 0.521. The third-order valence-electron chi connectivity index (χ3n) is 1.08. The molecule has 0 aliphatic carbocycles. The second-order valence-corrected chi connectivity index (χ2v) is 1.80. The van der Waals surface area contributed by atoms with E-state index >= 15 is 0 Å². The Hall–Kier alpha value is -0.850. The Bertz CT molecular complexity index is 176. The van der Waals surface area contributed by atoms with Crippen molar-refractivity contribution in [2.75, 3.05) is 0 Å². The van der Waals surface area contributed by atoms with Crippen LogP contribution in [-0.2, 0) is 6.42 Å². The summed E-state index contributed by atoms with van der Waals surface area (Å²) in [6.07, 6.45) is 2.20. The Labute approximate surface area is 55.7 Å². The average Bonchev–Trinajstić information content (AvgIpc) is 1.90. The first-order valence-electron chi connectivity index (χ1n) is 2.73. The highest BCUT2D eigenvalue weighted by atomic mass is 14.6. The minimum Gasteiger partial charge on any atom is -0.261 e. The molecule has 0 saturated carbocycles. The normalized spacial score (nSPS) is 9.56. The molecular formula is C8H7N. The van der Waals surface area contributed by atoms with Crippen molar-refractivity contribution in [3.63, 3.8) is 0 Å². The molecule has 1 aromatic heterocycles. The zero-order valence-corrected chi connectivity index (χ0v) is 5.04. The smallest absolute Gasteiger partial charge is 0.0448 e. The molecule has 0 amide bonds. The summed E-state index contributed by atoms with van der Waals surface area (Å²) in [5.41, 5.74) is 1.54. The van der Waals surface area contributed by atoms with Gasteiger partial charge < -0.3 is 0 Å². The van der Waals surface area contributed by atoms with Crippen molar-refractivity contribution < 1.29 is 0 Å². The molecular weight excluding hydrogens is 110 g/mol. The van der Waals surface area contributed by atoms with Crippen molar-refractivity contribution in [1.82, 2.24) is 4.98 Å². The average molecular weight is 117 g/mol. The fraction of sp³-hybridized carbons (Fsp3) is 0.125. The van der Waals surface area contributed by atoms with Crippen LogP contribution in [0.1, 0.15) is 11.3 Å². The molecule has 0 aliphatic heterocycles. The van der Waals surface area contributed by atoms with Crippen molar-refractivity contribution in [2.45, 2.75) is 6.42 Å². The zero-order chi connectivity index (χ0) is 6.69. The van der Waals surface area contributed by atoms with Gasteiger partial charge in [0.2, 0.25) is 0 Å². The van der Waals surface area contributed by atoms with Crippen LogP contribution in [0.2, 0.25) is 0 Å². The summed E-state index contributed by atoms with van der Waals surface area (Å²) in [5.74, 6) is 0. The van der Waals surface area contributed by atoms with E-state index in [2.05, 4.69) is 4.98 Å². The molecule has 1 heteroatoms.